The first kappa shape index (κ1) is 19.4. The molecule has 0 bridgehead atoms. The van der Waals surface area contributed by atoms with Gasteiger partial charge in [-0.3, -0.25) is 14.4 Å². The fourth-order valence-electron chi connectivity index (χ4n) is 2.51. The van der Waals surface area contributed by atoms with Crippen LogP contribution >= 0.6 is 33.9 Å². The molecule has 0 fully saturated rings. The summed E-state index contributed by atoms with van der Waals surface area (Å²) in [6.07, 6.45) is 2.67. The number of allylic oxidation sites excluding steroid dienone is 1. The Morgan fingerprint density at radius 1 is 1.11 bits per heavy atom. The number of halogens is 1. The Labute approximate surface area is 173 Å². The number of fused-ring (bicyclic) bond motifs is 1. The van der Waals surface area contributed by atoms with E-state index in [2.05, 4.69) is 22.6 Å². The molecule has 1 heterocycles. The normalized spacial score (nSPS) is 11.0. The molecule has 3 aromatic rings. The van der Waals surface area contributed by atoms with Gasteiger partial charge in [-0.15, -0.1) is 0 Å². The summed E-state index contributed by atoms with van der Waals surface area (Å²) in [4.78, 5) is 36.8. The van der Waals surface area contributed by atoms with E-state index in [4.69, 9.17) is 4.74 Å². The highest BCUT2D eigenvalue weighted by molar-refractivity contribution is 14.1. The number of carbonyl (C=O) groups is 2. The second-order valence-corrected chi connectivity index (χ2v) is 8.06. The SMILES string of the molecule is COc1ccc(C=CC(=O)CC(=O)c2cc3cc(I)ccc3sc2=O)cc1. The van der Waals surface area contributed by atoms with Crippen molar-refractivity contribution in [1.82, 2.24) is 0 Å². The molecular formula is C21H15IO4S. The van der Waals surface area contributed by atoms with E-state index in [9.17, 15) is 14.4 Å². The maximum Gasteiger partial charge on any atom is 0.243 e. The summed E-state index contributed by atoms with van der Waals surface area (Å²) in [6.45, 7) is 0. The van der Waals surface area contributed by atoms with E-state index in [1.165, 1.54) is 6.08 Å². The van der Waals surface area contributed by atoms with Crippen molar-refractivity contribution in [2.24, 2.45) is 0 Å². The molecule has 0 aliphatic rings. The molecular weight excluding hydrogens is 475 g/mol. The molecule has 0 N–H and O–H groups in total. The van der Waals surface area contributed by atoms with Crippen molar-refractivity contribution in [3.05, 3.63) is 78.8 Å². The second-order valence-electron chi connectivity index (χ2n) is 5.80. The summed E-state index contributed by atoms with van der Waals surface area (Å²) >= 11 is 3.20. The van der Waals surface area contributed by atoms with Crippen molar-refractivity contribution in [3.63, 3.8) is 0 Å². The van der Waals surface area contributed by atoms with Gasteiger partial charge in [0.2, 0.25) is 4.74 Å². The first-order valence-electron chi connectivity index (χ1n) is 8.08. The van der Waals surface area contributed by atoms with E-state index in [0.717, 1.165) is 36.3 Å². The second kappa shape index (κ2) is 8.58. The van der Waals surface area contributed by atoms with Crippen molar-refractivity contribution in [2.45, 2.75) is 6.42 Å². The largest absolute Gasteiger partial charge is 0.497 e. The lowest BCUT2D eigenvalue weighted by Gasteiger charge is -2.02. The number of hydrogen-bond acceptors (Lipinski definition) is 5. The van der Waals surface area contributed by atoms with Crippen molar-refractivity contribution in [3.8, 4) is 5.75 Å². The summed E-state index contributed by atoms with van der Waals surface area (Å²) in [5.74, 6) is -0.0757. The van der Waals surface area contributed by atoms with Crippen molar-refractivity contribution >= 4 is 61.7 Å². The molecule has 4 nitrogen and oxygen atoms in total. The molecule has 0 spiro atoms. The highest BCUT2D eigenvalue weighted by atomic mass is 127. The van der Waals surface area contributed by atoms with E-state index >= 15 is 0 Å². The van der Waals surface area contributed by atoms with Crippen LogP contribution in [0.1, 0.15) is 22.3 Å². The van der Waals surface area contributed by atoms with Gasteiger partial charge in [0.05, 0.1) is 19.1 Å². The van der Waals surface area contributed by atoms with Gasteiger partial charge < -0.3 is 4.74 Å². The monoisotopic (exact) mass is 490 g/mol. The van der Waals surface area contributed by atoms with Crippen molar-refractivity contribution in [2.75, 3.05) is 7.11 Å². The highest BCUT2D eigenvalue weighted by Crippen LogP contribution is 2.21. The van der Waals surface area contributed by atoms with Crippen LogP contribution in [0, 0.1) is 3.57 Å². The van der Waals surface area contributed by atoms with Crippen LogP contribution in [0.4, 0.5) is 0 Å². The zero-order valence-electron chi connectivity index (χ0n) is 14.4. The van der Waals surface area contributed by atoms with E-state index in [0.29, 0.717) is 0 Å². The molecule has 6 heteroatoms. The third-order valence-electron chi connectivity index (χ3n) is 3.91. The minimum Gasteiger partial charge on any atom is -0.497 e. The molecule has 1 aromatic heterocycles. The Hall–Kier alpha value is -2.32. The number of ketones is 2. The number of Topliss-reactive ketones (excluding diaryl/α,β-unsaturated/α-hetero) is 1. The van der Waals surface area contributed by atoms with Crippen LogP contribution in [0.25, 0.3) is 16.2 Å². The Bertz CT molecular complexity index is 1100. The standard InChI is InChI=1S/C21H15IO4S/c1-26-17-7-3-13(4-8-17)2-6-16(23)12-19(24)18-11-14-10-15(22)5-9-20(14)27-21(18)25/h2-11H,12H2,1H3. The van der Waals surface area contributed by atoms with Gasteiger partial charge in [0.1, 0.15) is 5.75 Å². The number of rotatable bonds is 6. The first-order valence-corrected chi connectivity index (χ1v) is 9.97. The fourth-order valence-corrected chi connectivity index (χ4v) is 3.87. The molecule has 2 aromatic carbocycles. The van der Waals surface area contributed by atoms with Gasteiger partial charge in [-0.05, 0) is 76.0 Å². The Morgan fingerprint density at radius 2 is 1.85 bits per heavy atom. The van der Waals surface area contributed by atoms with Gasteiger partial charge in [0.15, 0.2) is 11.6 Å². The van der Waals surface area contributed by atoms with Crippen LogP contribution in [0.15, 0.2) is 59.4 Å². The molecule has 0 saturated carbocycles. The molecule has 0 unspecified atom stereocenters. The van der Waals surface area contributed by atoms with E-state index in [1.807, 2.05) is 30.3 Å². The maximum absolute atomic E-state index is 12.4. The Kier molecular flexibility index (Phi) is 6.18. The average Bonchev–Trinajstić information content (AvgIpc) is 2.66. The van der Waals surface area contributed by atoms with Crippen LogP contribution in [-0.2, 0) is 4.79 Å². The average molecular weight is 490 g/mol. The molecule has 0 saturated heterocycles. The molecule has 0 aliphatic heterocycles. The van der Waals surface area contributed by atoms with E-state index in [1.54, 1.807) is 31.4 Å². The molecule has 136 valence electrons. The smallest absolute Gasteiger partial charge is 0.243 e. The first-order chi connectivity index (χ1) is 13.0. The van der Waals surface area contributed by atoms with Gasteiger partial charge in [-0.1, -0.05) is 29.5 Å². The number of ether oxygens (including phenoxy) is 1. The highest BCUT2D eigenvalue weighted by Gasteiger charge is 2.15. The predicted octanol–water partition coefficient (Wildman–Crippen LogP) is 4.73. The van der Waals surface area contributed by atoms with Crippen LogP contribution in [0.3, 0.4) is 0 Å². The minimum atomic E-state index is -0.457. The third-order valence-corrected chi connectivity index (χ3v) is 5.57. The van der Waals surface area contributed by atoms with Crippen LogP contribution in [0.5, 0.6) is 5.75 Å². The summed E-state index contributed by atoms with van der Waals surface area (Å²) in [6, 6.07) is 14.5. The van der Waals surface area contributed by atoms with E-state index < -0.39 is 5.78 Å². The lowest BCUT2D eigenvalue weighted by molar-refractivity contribution is -0.113. The molecule has 0 amide bonds. The van der Waals surface area contributed by atoms with E-state index in [-0.39, 0.29) is 22.5 Å². The lowest BCUT2D eigenvalue weighted by atomic mass is 10.1. The van der Waals surface area contributed by atoms with Gasteiger partial charge in [0.25, 0.3) is 0 Å². The van der Waals surface area contributed by atoms with Crippen LogP contribution in [-0.4, -0.2) is 18.7 Å². The maximum atomic E-state index is 12.4. The summed E-state index contributed by atoms with van der Waals surface area (Å²) < 4.78 is 6.60. The predicted molar refractivity (Wildman–Crippen MR) is 117 cm³/mol. The molecule has 0 radical (unpaired) electrons. The zero-order chi connectivity index (χ0) is 19.4. The number of carbonyl (C=O) groups excluding carboxylic acids is 2. The Morgan fingerprint density at radius 3 is 2.56 bits per heavy atom. The van der Waals surface area contributed by atoms with Gasteiger partial charge in [-0.25, -0.2) is 0 Å². The molecule has 3 rings (SSSR count). The third kappa shape index (κ3) is 4.90. The van der Waals surface area contributed by atoms with Crippen LogP contribution in [0.2, 0.25) is 0 Å². The van der Waals surface area contributed by atoms with Crippen molar-refractivity contribution < 1.29 is 14.3 Å². The summed E-state index contributed by atoms with van der Waals surface area (Å²) in [5.41, 5.74) is 0.893. The molecule has 0 atom stereocenters. The van der Waals surface area contributed by atoms with Crippen molar-refractivity contribution in [1.29, 1.82) is 0 Å². The quantitative estimate of drug-likeness (QED) is 0.217. The molecule has 27 heavy (non-hydrogen) atoms. The lowest BCUT2D eigenvalue weighted by Crippen LogP contribution is -2.14. The van der Waals surface area contributed by atoms with Gasteiger partial charge in [0, 0.05) is 8.27 Å². The number of methoxy groups -OCH3 is 1. The van der Waals surface area contributed by atoms with Gasteiger partial charge in [-0.2, -0.15) is 0 Å². The minimum absolute atomic E-state index is 0.0701. The zero-order valence-corrected chi connectivity index (χ0v) is 17.4. The summed E-state index contributed by atoms with van der Waals surface area (Å²) in [5, 5.41) is 0.830. The number of hydrogen-bond donors (Lipinski definition) is 0. The Balaban J connectivity index is 1.75. The van der Waals surface area contributed by atoms with Crippen LogP contribution < -0.4 is 9.48 Å². The van der Waals surface area contributed by atoms with Gasteiger partial charge >= 0.3 is 0 Å². The number of benzene rings is 2. The molecule has 0 aliphatic carbocycles. The summed E-state index contributed by atoms with van der Waals surface area (Å²) in [7, 11) is 1.58. The topological polar surface area (TPSA) is 60.4 Å². The fraction of sp³-hybridized carbons (Fsp3) is 0.0952.